The number of hydrogen-bond donors (Lipinski definition) is 1. The van der Waals surface area contributed by atoms with E-state index in [-0.39, 0.29) is 11.9 Å². The molecule has 0 heterocycles. The predicted molar refractivity (Wildman–Crippen MR) is 83.0 cm³/mol. The second kappa shape index (κ2) is 10.7. The van der Waals surface area contributed by atoms with Crippen molar-refractivity contribution in [1.82, 2.24) is 10.2 Å². The van der Waals surface area contributed by atoms with Crippen molar-refractivity contribution < 1.29 is 13.9 Å². The molecule has 1 N–H and O–H groups in total. The van der Waals surface area contributed by atoms with Crippen molar-refractivity contribution in [2.24, 2.45) is 0 Å². The highest BCUT2D eigenvalue weighted by Gasteiger charge is 2.15. The van der Waals surface area contributed by atoms with Crippen LogP contribution in [0.25, 0.3) is 0 Å². The van der Waals surface area contributed by atoms with E-state index in [1.54, 1.807) is 20.3 Å². The first-order chi connectivity index (χ1) is 10.2. The molecule has 4 nitrogen and oxygen atoms in total. The predicted octanol–water partition coefficient (Wildman–Crippen LogP) is 2.07. The maximum absolute atomic E-state index is 13.9. The summed E-state index contributed by atoms with van der Waals surface area (Å²) in [5, 5.41) is 3.20. The van der Waals surface area contributed by atoms with Gasteiger partial charge in [0.1, 0.15) is 5.82 Å². The molecule has 0 saturated heterocycles. The smallest absolute Gasteiger partial charge is 0.127 e. The number of nitrogens with zero attached hydrogens (tertiary/aromatic N) is 1. The van der Waals surface area contributed by atoms with Crippen LogP contribution in [-0.4, -0.2) is 59.0 Å². The fourth-order valence-corrected chi connectivity index (χ4v) is 2.30. The van der Waals surface area contributed by atoms with E-state index in [0.29, 0.717) is 13.2 Å². The number of benzene rings is 1. The van der Waals surface area contributed by atoms with Crippen LogP contribution in [0, 0.1) is 5.82 Å². The van der Waals surface area contributed by atoms with Crippen LogP contribution < -0.4 is 5.32 Å². The molecular formula is C16H27FN2O2. The Morgan fingerprint density at radius 3 is 2.24 bits per heavy atom. The molecule has 1 unspecified atom stereocenters. The zero-order valence-electron chi connectivity index (χ0n) is 13.3. The second-order valence-corrected chi connectivity index (χ2v) is 4.98. The van der Waals surface area contributed by atoms with E-state index in [1.165, 1.54) is 6.07 Å². The average Bonchev–Trinajstić information content (AvgIpc) is 2.51. The van der Waals surface area contributed by atoms with Gasteiger partial charge in [0.25, 0.3) is 0 Å². The zero-order valence-corrected chi connectivity index (χ0v) is 13.3. The molecule has 0 aliphatic heterocycles. The summed E-state index contributed by atoms with van der Waals surface area (Å²) >= 11 is 0. The van der Waals surface area contributed by atoms with E-state index in [9.17, 15) is 4.39 Å². The lowest BCUT2D eigenvalue weighted by Gasteiger charge is -2.25. The highest BCUT2D eigenvalue weighted by atomic mass is 19.1. The number of halogens is 1. The minimum absolute atomic E-state index is 0.0128. The molecule has 1 rings (SSSR count). The quantitative estimate of drug-likeness (QED) is 0.678. The van der Waals surface area contributed by atoms with Crippen molar-refractivity contribution in [1.29, 1.82) is 0 Å². The van der Waals surface area contributed by atoms with Crippen molar-refractivity contribution >= 4 is 0 Å². The molecule has 1 aromatic rings. The normalized spacial score (nSPS) is 12.8. The molecule has 0 aliphatic rings. The Balaban J connectivity index is 2.56. The summed E-state index contributed by atoms with van der Waals surface area (Å²) < 4.78 is 24.1. The molecule has 0 fully saturated rings. The van der Waals surface area contributed by atoms with Crippen molar-refractivity contribution in [3.05, 3.63) is 35.6 Å². The van der Waals surface area contributed by atoms with Crippen molar-refractivity contribution in [2.45, 2.75) is 12.5 Å². The maximum Gasteiger partial charge on any atom is 0.127 e. The third-order valence-corrected chi connectivity index (χ3v) is 3.59. The monoisotopic (exact) mass is 298 g/mol. The van der Waals surface area contributed by atoms with Crippen LogP contribution in [0.5, 0.6) is 0 Å². The fraction of sp³-hybridized carbons (Fsp3) is 0.625. The van der Waals surface area contributed by atoms with Crippen molar-refractivity contribution in [3.8, 4) is 0 Å². The van der Waals surface area contributed by atoms with Gasteiger partial charge in [-0.05, 0) is 19.5 Å². The molecule has 1 atom stereocenters. The van der Waals surface area contributed by atoms with Gasteiger partial charge in [-0.2, -0.15) is 0 Å². The Kier molecular flexibility index (Phi) is 9.17. The molecule has 0 radical (unpaired) electrons. The Morgan fingerprint density at radius 1 is 1.10 bits per heavy atom. The van der Waals surface area contributed by atoms with Gasteiger partial charge in [0, 0.05) is 45.5 Å². The largest absolute Gasteiger partial charge is 0.383 e. The van der Waals surface area contributed by atoms with Gasteiger partial charge in [-0.25, -0.2) is 4.39 Å². The molecule has 0 aromatic heterocycles. The summed E-state index contributed by atoms with van der Waals surface area (Å²) in [5.74, 6) is -0.155. The van der Waals surface area contributed by atoms with E-state index in [0.717, 1.165) is 31.6 Å². The van der Waals surface area contributed by atoms with Crippen LogP contribution in [0.4, 0.5) is 4.39 Å². The van der Waals surface area contributed by atoms with Crippen LogP contribution in [0.2, 0.25) is 0 Å². The lowest BCUT2D eigenvalue weighted by atomic mass is 10.0. The highest BCUT2D eigenvalue weighted by molar-refractivity contribution is 5.21. The number of ether oxygens (including phenoxy) is 2. The fourth-order valence-electron chi connectivity index (χ4n) is 2.30. The zero-order chi connectivity index (χ0) is 15.5. The first-order valence-corrected chi connectivity index (χ1v) is 7.34. The Labute approximate surface area is 127 Å². The number of rotatable bonds is 11. The van der Waals surface area contributed by atoms with Crippen LogP contribution in [0.15, 0.2) is 24.3 Å². The van der Waals surface area contributed by atoms with Gasteiger partial charge in [-0.15, -0.1) is 0 Å². The summed E-state index contributed by atoms with van der Waals surface area (Å²) in [6, 6.07) is 6.95. The van der Waals surface area contributed by atoms with E-state index < -0.39 is 0 Å². The van der Waals surface area contributed by atoms with Gasteiger partial charge >= 0.3 is 0 Å². The number of nitrogens with one attached hydrogen (secondary N) is 1. The molecule has 21 heavy (non-hydrogen) atoms. The van der Waals surface area contributed by atoms with Crippen LogP contribution in [-0.2, 0) is 9.47 Å². The van der Waals surface area contributed by atoms with Gasteiger partial charge in [0.05, 0.1) is 13.2 Å². The molecule has 0 aliphatic carbocycles. The maximum atomic E-state index is 13.9. The van der Waals surface area contributed by atoms with Crippen molar-refractivity contribution in [3.63, 3.8) is 0 Å². The first-order valence-electron chi connectivity index (χ1n) is 7.34. The molecular weight excluding hydrogens is 271 g/mol. The minimum Gasteiger partial charge on any atom is -0.383 e. The Morgan fingerprint density at radius 2 is 1.71 bits per heavy atom. The molecule has 0 spiro atoms. The molecule has 5 heteroatoms. The van der Waals surface area contributed by atoms with Gasteiger partial charge < -0.3 is 14.8 Å². The number of hydrogen-bond acceptors (Lipinski definition) is 4. The van der Waals surface area contributed by atoms with Crippen molar-refractivity contribution in [2.75, 3.05) is 54.1 Å². The SMILES string of the molecule is CNC(CCN(CCOC)CCOC)c1ccccc1F. The molecule has 1 aromatic carbocycles. The van der Waals surface area contributed by atoms with Gasteiger partial charge in [0.2, 0.25) is 0 Å². The Bertz CT molecular complexity index is 382. The third kappa shape index (κ3) is 6.52. The highest BCUT2D eigenvalue weighted by Crippen LogP contribution is 2.19. The minimum atomic E-state index is -0.155. The summed E-state index contributed by atoms with van der Waals surface area (Å²) in [5.41, 5.74) is 0.721. The summed E-state index contributed by atoms with van der Waals surface area (Å²) in [7, 11) is 5.26. The first kappa shape index (κ1) is 18.0. The number of methoxy groups -OCH3 is 2. The van der Waals surface area contributed by atoms with Gasteiger partial charge in [0.15, 0.2) is 0 Å². The van der Waals surface area contributed by atoms with E-state index >= 15 is 0 Å². The lowest BCUT2D eigenvalue weighted by molar-refractivity contribution is 0.111. The van der Waals surface area contributed by atoms with E-state index in [4.69, 9.17) is 9.47 Å². The second-order valence-electron chi connectivity index (χ2n) is 4.98. The van der Waals surface area contributed by atoms with Crippen LogP contribution in [0.3, 0.4) is 0 Å². The standard InChI is InChI=1S/C16H27FN2O2/c1-18-16(14-6-4-5-7-15(14)17)8-9-19(10-12-20-2)11-13-21-3/h4-7,16,18H,8-13H2,1-3H3. The summed E-state index contributed by atoms with van der Waals surface area (Å²) in [6.07, 6.45) is 0.838. The van der Waals surface area contributed by atoms with Gasteiger partial charge in [-0.3, -0.25) is 4.90 Å². The van der Waals surface area contributed by atoms with E-state index in [2.05, 4.69) is 10.2 Å². The Hall–Kier alpha value is -1.01. The van der Waals surface area contributed by atoms with Crippen LogP contribution in [0.1, 0.15) is 18.0 Å². The van der Waals surface area contributed by atoms with Crippen LogP contribution >= 0.6 is 0 Å². The van der Waals surface area contributed by atoms with Gasteiger partial charge in [-0.1, -0.05) is 18.2 Å². The molecule has 0 amide bonds. The van der Waals surface area contributed by atoms with E-state index in [1.807, 2.05) is 19.2 Å². The third-order valence-electron chi connectivity index (χ3n) is 3.59. The summed E-state index contributed by atoms with van der Waals surface area (Å²) in [6.45, 7) is 3.95. The average molecular weight is 298 g/mol. The molecule has 120 valence electrons. The summed E-state index contributed by atoms with van der Waals surface area (Å²) in [4.78, 5) is 2.28. The topological polar surface area (TPSA) is 33.7 Å². The molecule has 0 bridgehead atoms. The molecule has 0 saturated carbocycles. The lowest BCUT2D eigenvalue weighted by Crippen LogP contribution is -2.33.